The topological polar surface area (TPSA) is 84.7 Å². The van der Waals surface area contributed by atoms with Crippen LogP contribution in [0.3, 0.4) is 0 Å². The Kier molecular flexibility index (Phi) is 7.48. The van der Waals surface area contributed by atoms with Gasteiger partial charge in [-0.3, -0.25) is 9.59 Å². The van der Waals surface area contributed by atoms with Gasteiger partial charge in [0.15, 0.2) is 12.3 Å². The summed E-state index contributed by atoms with van der Waals surface area (Å²) in [5.74, 6) is 0.464. The number of halogens is 1. The van der Waals surface area contributed by atoms with Crippen molar-refractivity contribution in [2.24, 2.45) is 5.92 Å². The number of nitrogens with one attached hydrogen (secondary N) is 1. The molecule has 1 aliphatic rings. The third kappa shape index (κ3) is 5.70. The summed E-state index contributed by atoms with van der Waals surface area (Å²) in [6, 6.07) is 11.7. The van der Waals surface area contributed by atoms with Crippen LogP contribution in [0.4, 0.5) is 4.39 Å². The minimum atomic E-state index is -0.407. The van der Waals surface area contributed by atoms with E-state index in [4.69, 9.17) is 9.15 Å². The van der Waals surface area contributed by atoms with E-state index in [0.29, 0.717) is 31.7 Å². The molecule has 35 heavy (non-hydrogen) atoms. The van der Waals surface area contributed by atoms with Gasteiger partial charge in [-0.15, -0.1) is 0 Å². The van der Waals surface area contributed by atoms with Gasteiger partial charge in [0.25, 0.3) is 5.91 Å². The molecule has 0 saturated heterocycles. The third-order valence-corrected chi connectivity index (χ3v) is 5.90. The molecule has 8 heteroatoms. The SMILES string of the molecule is CCNC(=O)c1coc(COc2ccc3c(c2)C(c2cccc(F)c2)N(C(=O)CC(C)C)CC3)n1. The van der Waals surface area contributed by atoms with Crippen molar-refractivity contribution in [2.45, 2.75) is 46.3 Å². The van der Waals surface area contributed by atoms with Gasteiger partial charge in [0.05, 0.1) is 6.04 Å². The Morgan fingerprint density at radius 1 is 1.26 bits per heavy atom. The Hall–Kier alpha value is -3.68. The van der Waals surface area contributed by atoms with Crippen molar-refractivity contribution in [1.29, 1.82) is 0 Å². The van der Waals surface area contributed by atoms with Gasteiger partial charge in [-0.2, -0.15) is 0 Å². The quantitative estimate of drug-likeness (QED) is 0.508. The van der Waals surface area contributed by atoms with Crippen molar-refractivity contribution < 1.29 is 23.1 Å². The number of amides is 2. The average molecular weight is 480 g/mol. The molecule has 1 unspecified atom stereocenters. The molecule has 0 aliphatic carbocycles. The van der Waals surface area contributed by atoms with Crippen molar-refractivity contribution in [1.82, 2.24) is 15.2 Å². The number of nitrogens with zero attached hydrogens (tertiary/aromatic N) is 2. The van der Waals surface area contributed by atoms with Crippen LogP contribution in [0.5, 0.6) is 5.75 Å². The molecule has 1 aliphatic heterocycles. The number of rotatable bonds is 8. The zero-order valence-electron chi connectivity index (χ0n) is 20.2. The lowest BCUT2D eigenvalue weighted by Gasteiger charge is -2.38. The molecular weight excluding hydrogens is 449 g/mol. The smallest absolute Gasteiger partial charge is 0.273 e. The molecule has 4 rings (SSSR count). The fourth-order valence-electron chi connectivity index (χ4n) is 4.33. The van der Waals surface area contributed by atoms with Gasteiger partial charge < -0.3 is 19.4 Å². The molecule has 2 aromatic carbocycles. The highest BCUT2D eigenvalue weighted by atomic mass is 19.1. The summed E-state index contributed by atoms with van der Waals surface area (Å²) in [6.07, 6.45) is 2.44. The zero-order valence-corrected chi connectivity index (χ0v) is 20.2. The highest BCUT2D eigenvalue weighted by Gasteiger charge is 2.32. The molecule has 0 saturated carbocycles. The maximum atomic E-state index is 14.2. The minimum absolute atomic E-state index is 0.0405. The van der Waals surface area contributed by atoms with E-state index < -0.39 is 6.04 Å². The van der Waals surface area contributed by atoms with E-state index in [1.54, 1.807) is 6.07 Å². The van der Waals surface area contributed by atoms with Crippen LogP contribution in [0, 0.1) is 11.7 Å². The van der Waals surface area contributed by atoms with Crippen LogP contribution in [-0.2, 0) is 17.8 Å². The highest BCUT2D eigenvalue weighted by Crippen LogP contribution is 2.38. The van der Waals surface area contributed by atoms with Crippen LogP contribution in [0.25, 0.3) is 0 Å². The van der Waals surface area contributed by atoms with E-state index in [1.165, 1.54) is 18.4 Å². The number of fused-ring (bicyclic) bond motifs is 1. The summed E-state index contributed by atoms with van der Waals surface area (Å²) >= 11 is 0. The second kappa shape index (κ2) is 10.7. The Morgan fingerprint density at radius 2 is 2.09 bits per heavy atom. The van der Waals surface area contributed by atoms with Crippen LogP contribution in [0.1, 0.15) is 66.3 Å². The molecule has 0 radical (unpaired) electrons. The monoisotopic (exact) mass is 479 g/mol. The fraction of sp³-hybridized carbons (Fsp3) is 0.370. The number of oxazole rings is 1. The highest BCUT2D eigenvalue weighted by molar-refractivity contribution is 5.91. The molecule has 1 atom stereocenters. The average Bonchev–Trinajstić information content (AvgIpc) is 3.31. The molecule has 2 heterocycles. The van der Waals surface area contributed by atoms with Gasteiger partial charge in [-0.1, -0.05) is 32.0 Å². The molecule has 184 valence electrons. The van der Waals surface area contributed by atoms with Crippen LogP contribution < -0.4 is 10.1 Å². The number of carbonyl (C=O) groups excluding carboxylic acids is 2. The van der Waals surface area contributed by atoms with Gasteiger partial charge in [0, 0.05) is 19.5 Å². The Balaban J connectivity index is 1.60. The minimum Gasteiger partial charge on any atom is -0.484 e. The number of ether oxygens (including phenoxy) is 1. The molecule has 3 aromatic rings. The summed E-state index contributed by atoms with van der Waals surface area (Å²) in [6.45, 7) is 6.96. The lowest BCUT2D eigenvalue weighted by Crippen LogP contribution is -2.41. The molecule has 1 aromatic heterocycles. The first-order valence-corrected chi connectivity index (χ1v) is 11.9. The third-order valence-electron chi connectivity index (χ3n) is 5.90. The van der Waals surface area contributed by atoms with Gasteiger partial charge in [0.2, 0.25) is 11.8 Å². The van der Waals surface area contributed by atoms with Crippen LogP contribution in [0.2, 0.25) is 0 Å². The zero-order chi connectivity index (χ0) is 24.9. The maximum absolute atomic E-state index is 14.2. The van der Waals surface area contributed by atoms with Crippen molar-refractivity contribution >= 4 is 11.8 Å². The van der Waals surface area contributed by atoms with Crippen molar-refractivity contribution in [3.63, 3.8) is 0 Å². The first-order valence-electron chi connectivity index (χ1n) is 11.9. The Bertz CT molecular complexity index is 1210. The second-order valence-corrected chi connectivity index (χ2v) is 9.03. The number of hydrogen-bond donors (Lipinski definition) is 1. The molecule has 0 bridgehead atoms. The van der Waals surface area contributed by atoms with E-state index in [1.807, 2.05) is 49.9 Å². The Morgan fingerprint density at radius 3 is 2.83 bits per heavy atom. The van der Waals surface area contributed by atoms with E-state index in [-0.39, 0.29) is 41.7 Å². The predicted molar refractivity (Wildman–Crippen MR) is 128 cm³/mol. The lowest BCUT2D eigenvalue weighted by atomic mass is 9.87. The van der Waals surface area contributed by atoms with Crippen LogP contribution in [0.15, 0.2) is 53.1 Å². The molecule has 2 amide bonds. The van der Waals surface area contributed by atoms with E-state index >= 15 is 0 Å². The molecular formula is C27H30FN3O4. The van der Waals surface area contributed by atoms with Gasteiger partial charge in [0.1, 0.15) is 17.8 Å². The summed E-state index contributed by atoms with van der Waals surface area (Å²) < 4.78 is 25.4. The van der Waals surface area contributed by atoms with Crippen LogP contribution in [-0.4, -0.2) is 34.8 Å². The number of aromatic nitrogens is 1. The van der Waals surface area contributed by atoms with Crippen molar-refractivity contribution in [3.05, 3.63) is 82.8 Å². The lowest BCUT2D eigenvalue weighted by molar-refractivity contribution is -0.134. The molecule has 0 spiro atoms. The van der Waals surface area contributed by atoms with E-state index in [0.717, 1.165) is 16.7 Å². The summed E-state index contributed by atoms with van der Waals surface area (Å²) in [4.78, 5) is 31.0. The fourth-order valence-corrected chi connectivity index (χ4v) is 4.33. The summed E-state index contributed by atoms with van der Waals surface area (Å²) in [5.41, 5.74) is 2.92. The first-order chi connectivity index (χ1) is 16.9. The summed E-state index contributed by atoms with van der Waals surface area (Å²) in [7, 11) is 0. The standard InChI is InChI=1S/C27H30FN3O4/c1-4-29-27(33)23-15-35-24(30-23)16-34-21-9-8-18-10-11-31(25(32)12-17(2)3)26(22(18)14-21)19-6-5-7-20(28)13-19/h5-9,13-15,17,26H,4,10-12,16H2,1-3H3,(H,29,33). The van der Waals surface area contributed by atoms with Crippen molar-refractivity contribution in [2.75, 3.05) is 13.1 Å². The van der Waals surface area contributed by atoms with E-state index in [2.05, 4.69) is 10.3 Å². The van der Waals surface area contributed by atoms with E-state index in [9.17, 15) is 14.0 Å². The number of carbonyl (C=O) groups is 2. The Labute approximate surface area is 204 Å². The van der Waals surface area contributed by atoms with Gasteiger partial charge >= 0.3 is 0 Å². The summed E-state index contributed by atoms with van der Waals surface area (Å²) in [5, 5.41) is 2.67. The maximum Gasteiger partial charge on any atom is 0.273 e. The number of hydrogen-bond acceptors (Lipinski definition) is 5. The first kappa shape index (κ1) is 24.4. The molecule has 1 N–H and O–H groups in total. The second-order valence-electron chi connectivity index (χ2n) is 9.03. The van der Waals surface area contributed by atoms with Crippen molar-refractivity contribution in [3.8, 4) is 5.75 Å². The molecule has 0 fully saturated rings. The normalized spacial score (nSPS) is 15.1. The largest absolute Gasteiger partial charge is 0.484 e. The molecule has 7 nitrogen and oxygen atoms in total. The van der Waals surface area contributed by atoms with Crippen LogP contribution >= 0.6 is 0 Å². The predicted octanol–water partition coefficient (Wildman–Crippen LogP) is 4.66. The van der Waals surface area contributed by atoms with Gasteiger partial charge in [-0.25, -0.2) is 9.37 Å². The van der Waals surface area contributed by atoms with Gasteiger partial charge in [-0.05, 0) is 60.2 Å². The number of benzene rings is 2.